The van der Waals surface area contributed by atoms with E-state index in [4.69, 9.17) is 0 Å². The molecule has 1 unspecified atom stereocenters. The zero-order valence-electron chi connectivity index (χ0n) is 12.6. The van der Waals surface area contributed by atoms with E-state index in [0.29, 0.717) is 6.54 Å². The Bertz CT molecular complexity index is 517. The summed E-state index contributed by atoms with van der Waals surface area (Å²) in [4.78, 5) is 26.0. The Labute approximate surface area is 120 Å². The number of hydrogen-bond acceptors (Lipinski definition) is 2. The van der Waals surface area contributed by atoms with Gasteiger partial charge in [0.1, 0.15) is 6.04 Å². The van der Waals surface area contributed by atoms with Gasteiger partial charge in [-0.05, 0) is 36.5 Å². The number of aryl methyl sites for hydroxylation is 2. The zero-order chi connectivity index (χ0) is 14.9. The molecule has 4 nitrogen and oxygen atoms in total. The van der Waals surface area contributed by atoms with Gasteiger partial charge in [-0.3, -0.25) is 9.59 Å². The van der Waals surface area contributed by atoms with Crippen molar-refractivity contribution in [2.24, 2.45) is 5.92 Å². The van der Waals surface area contributed by atoms with Crippen LogP contribution in [0.1, 0.15) is 30.5 Å². The van der Waals surface area contributed by atoms with Crippen molar-refractivity contribution in [1.82, 2.24) is 10.2 Å². The minimum absolute atomic E-state index is 0.00838. The standard InChI is InChI=1S/C16H22N2O2/c1-10(2)15-16(20)17-8-14(19)18(15)9-13-11(3)6-5-7-12(13)4/h5-7,10,15H,8-9H2,1-4H3,(H,17,20). The molecule has 1 aromatic carbocycles. The second-order valence-electron chi connectivity index (χ2n) is 5.80. The lowest BCUT2D eigenvalue weighted by molar-refractivity contribution is -0.148. The first-order valence-corrected chi connectivity index (χ1v) is 7.04. The van der Waals surface area contributed by atoms with Crippen molar-refractivity contribution < 1.29 is 9.59 Å². The molecule has 2 rings (SSSR count). The van der Waals surface area contributed by atoms with E-state index in [1.807, 2.05) is 45.9 Å². The van der Waals surface area contributed by atoms with Crippen LogP contribution < -0.4 is 5.32 Å². The van der Waals surface area contributed by atoms with Crippen LogP contribution >= 0.6 is 0 Å². The van der Waals surface area contributed by atoms with E-state index in [-0.39, 0.29) is 30.3 Å². The summed E-state index contributed by atoms with van der Waals surface area (Å²) in [5, 5.41) is 2.68. The second-order valence-corrected chi connectivity index (χ2v) is 5.80. The number of carbonyl (C=O) groups excluding carboxylic acids is 2. The van der Waals surface area contributed by atoms with Crippen molar-refractivity contribution in [3.05, 3.63) is 34.9 Å². The SMILES string of the molecule is Cc1cccc(C)c1CN1C(=O)CNC(=O)C1C(C)C. The minimum atomic E-state index is -0.379. The van der Waals surface area contributed by atoms with Crippen molar-refractivity contribution in [3.8, 4) is 0 Å². The summed E-state index contributed by atoms with van der Waals surface area (Å²) in [6.45, 7) is 8.64. The fourth-order valence-corrected chi connectivity index (χ4v) is 2.78. The third-order valence-corrected chi connectivity index (χ3v) is 3.94. The van der Waals surface area contributed by atoms with E-state index in [1.54, 1.807) is 4.90 Å². The molecule has 1 heterocycles. The van der Waals surface area contributed by atoms with E-state index < -0.39 is 0 Å². The molecule has 0 bridgehead atoms. The Balaban J connectivity index is 2.33. The van der Waals surface area contributed by atoms with Gasteiger partial charge in [0.2, 0.25) is 11.8 Å². The Morgan fingerprint density at radius 3 is 2.40 bits per heavy atom. The first-order valence-electron chi connectivity index (χ1n) is 7.04. The first-order chi connectivity index (χ1) is 9.41. The predicted molar refractivity (Wildman–Crippen MR) is 78.1 cm³/mol. The maximum Gasteiger partial charge on any atom is 0.243 e. The molecule has 4 heteroatoms. The lowest BCUT2D eigenvalue weighted by atomic mass is 9.96. The lowest BCUT2D eigenvalue weighted by Crippen LogP contribution is -2.59. The van der Waals surface area contributed by atoms with Gasteiger partial charge in [0, 0.05) is 6.54 Å². The highest BCUT2D eigenvalue weighted by molar-refractivity contribution is 5.95. The summed E-state index contributed by atoms with van der Waals surface area (Å²) in [7, 11) is 0. The molecule has 1 N–H and O–H groups in total. The highest BCUT2D eigenvalue weighted by Crippen LogP contribution is 2.21. The Kier molecular flexibility index (Phi) is 4.12. The zero-order valence-corrected chi connectivity index (χ0v) is 12.6. The molecule has 0 saturated carbocycles. The summed E-state index contributed by atoms with van der Waals surface area (Å²) in [5.41, 5.74) is 3.46. The average molecular weight is 274 g/mol. The molecule has 1 aromatic rings. The Morgan fingerprint density at radius 1 is 1.25 bits per heavy atom. The monoisotopic (exact) mass is 274 g/mol. The van der Waals surface area contributed by atoms with Crippen LogP contribution in [0, 0.1) is 19.8 Å². The van der Waals surface area contributed by atoms with Crippen LogP contribution in [-0.2, 0) is 16.1 Å². The number of nitrogens with zero attached hydrogens (tertiary/aromatic N) is 1. The van der Waals surface area contributed by atoms with E-state index in [2.05, 4.69) is 5.32 Å². The molecule has 108 valence electrons. The smallest absolute Gasteiger partial charge is 0.243 e. The number of piperazine rings is 1. The van der Waals surface area contributed by atoms with Gasteiger partial charge in [0.15, 0.2) is 0 Å². The number of carbonyl (C=O) groups is 2. The molecular formula is C16H22N2O2. The van der Waals surface area contributed by atoms with Gasteiger partial charge in [0.25, 0.3) is 0 Å². The number of hydrogen-bond donors (Lipinski definition) is 1. The highest BCUT2D eigenvalue weighted by Gasteiger charge is 2.36. The normalized spacial score (nSPS) is 19.4. The van der Waals surface area contributed by atoms with Gasteiger partial charge in [-0.2, -0.15) is 0 Å². The van der Waals surface area contributed by atoms with Crippen LogP contribution in [0.5, 0.6) is 0 Å². The van der Waals surface area contributed by atoms with E-state index in [1.165, 1.54) is 0 Å². The van der Waals surface area contributed by atoms with Crippen molar-refractivity contribution >= 4 is 11.8 Å². The minimum Gasteiger partial charge on any atom is -0.345 e. The fourth-order valence-electron chi connectivity index (χ4n) is 2.78. The van der Waals surface area contributed by atoms with Crippen LogP contribution in [0.25, 0.3) is 0 Å². The molecule has 1 saturated heterocycles. The summed E-state index contributed by atoms with van der Waals surface area (Å²) >= 11 is 0. The summed E-state index contributed by atoms with van der Waals surface area (Å²) in [5.74, 6) is 0.0420. The van der Waals surface area contributed by atoms with Crippen LogP contribution in [0.3, 0.4) is 0 Å². The van der Waals surface area contributed by atoms with Gasteiger partial charge in [-0.15, -0.1) is 0 Å². The molecular weight excluding hydrogens is 252 g/mol. The van der Waals surface area contributed by atoms with Gasteiger partial charge in [-0.25, -0.2) is 0 Å². The van der Waals surface area contributed by atoms with Crippen molar-refractivity contribution in [3.63, 3.8) is 0 Å². The van der Waals surface area contributed by atoms with E-state index in [9.17, 15) is 9.59 Å². The van der Waals surface area contributed by atoms with Gasteiger partial charge in [0.05, 0.1) is 6.54 Å². The molecule has 1 aliphatic heterocycles. The van der Waals surface area contributed by atoms with Crippen molar-refractivity contribution in [2.75, 3.05) is 6.54 Å². The number of amides is 2. The molecule has 1 fully saturated rings. The quantitative estimate of drug-likeness (QED) is 0.913. The van der Waals surface area contributed by atoms with Crippen molar-refractivity contribution in [1.29, 1.82) is 0 Å². The molecule has 0 aromatic heterocycles. The van der Waals surface area contributed by atoms with Gasteiger partial charge >= 0.3 is 0 Å². The fraction of sp³-hybridized carbons (Fsp3) is 0.500. The molecule has 2 amide bonds. The lowest BCUT2D eigenvalue weighted by Gasteiger charge is -2.37. The number of nitrogens with one attached hydrogen (secondary N) is 1. The highest BCUT2D eigenvalue weighted by atomic mass is 16.2. The molecule has 1 aliphatic rings. The first kappa shape index (κ1) is 14.6. The molecule has 0 aliphatic carbocycles. The van der Waals surface area contributed by atoms with Gasteiger partial charge in [-0.1, -0.05) is 32.0 Å². The Morgan fingerprint density at radius 2 is 1.85 bits per heavy atom. The van der Waals surface area contributed by atoms with E-state index in [0.717, 1.165) is 16.7 Å². The number of benzene rings is 1. The maximum absolute atomic E-state index is 12.2. The topological polar surface area (TPSA) is 49.4 Å². The molecule has 0 radical (unpaired) electrons. The summed E-state index contributed by atoms with van der Waals surface area (Å²) < 4.78 is 0. The molecule has 20 heavy (non-hydrogen) atoms. The van der Waals surface area contributed by atoms with Crippen LogP contribution in [-0.4, -0.2) is 29.3 Å². The summed E-state index contributed by atoms with van der Waals surface area (Å²) in [6, 6.07) is 5.72. The summed E-state index contributed by atoms with van der Waals surface area (Å²) in [6.07, 6.45) is 0. The number of rotatable bonds is 3. The Hall–Kier alpha value is -1.84. The average Bonchev–Trinajstić information content (AvgIpc) is 2.37. The molecule has 1 atom stereocenters. The molecule has 0 spiro atoms. The second kappa shape index (κ2) is 5.65. The van der Waals surface area contributed by atoms with E-state index >= 15 is 0 Å². The van der Waals surface area contributed by atoms with Crippen LogP contribution in [0.4, 0.5) is 0 Å². The third kappa shape index (κ3) is 2.69. The van der Waals surface area contributed by atoms with Crippen molar-refractivity contribution in [2.45, 2.75) is 40.3 Å². The maximum atomic E-state index is 12.2. The third-order valence-electron chi connectivity index (χ3n) is 3.94. The van der Waals surface area contributed by atoms with Crippen LogP contribution in [0.2, 0.25) is 0 Å². The van der Waals surface area contributed by atoms with Gasteiger partial charge < -0.3 is 10.2 Å². The van der Waals surface area contributed by atoms with Crippen LogP contribution in [0.15, 0.2) is 18.2 Å². The largest absolute Gasteiger partial charge is 0.345 e. The predicted octanol–water partition coefficient (Wildman–Crippen LogP) is 1.79.